The fourth-order valence-corrected chi connectivity index (χ4v) is 7.89. The summed E-state index contributed by atoms with van der Waals surface area (Å²) in [6, 6.07) is 0. The van der Waals surface area contributed by atoms with Crippen LogP contribution in [0.15, 0.2) is 60.8 Å². The summed E-state index contributed by atoms with van der Waals surface area (Å²) in [6.07, 6.45) is 35.8. The Morgan fingerprint density at radius 1 is 0.541 bits per heavy atom. The van der Waals surface area contributed by atoms with Crippen LogP contribution in [0.4, 0.5) is 0 Å². The maximum absolute atomic E-state index is 12.8. The lowest BCUT2D eigenvalue weighted by Gasteiger charge is -2.41. The molecule has 6 atom stereocenters. The molecule has 354 valence electrons. The molecule has 0 aromatic carbocycles. The number of esters is 1. The molecule has 1 saturated carbocycles. The van der Waals surface area contributed by atoms with Crippen LogP contribution in [0.3, 0.4) is 0 Å². The lowest BCUT2D eigenvalue weighted by molar-refractivity contribution is -0.220. The first kappa shape index (κ1) is 57.1. The van der Waals surface area contributed by atoms with Crippen molar-refractivity contribution in [3.8, 4) is 0 Å². The molecule has 0 radical (unpaired) electrons. The number of phosphoric acid groups is 1. The van der Waals surface area contributed by atoms with E-state index in [2.05, 4.69) is 62.5 Å². The second kappa shape index (κ2) is 38.5. The average molecular weight is 885 g/mol. The molecule has 12 nitrogen and oxygen atoms in total. The van der Waals surface area contributed by atoms with E-state index in [0.717, 1.165) is 51.4 Å². The van der Waals surface area contributed by atoms with Crippen LogP contribution in [0.2, 0.25) is 0 Å². The second-order valence-corrected chi connectivity index (χ2v) is 17.6. The Balaban J connectivity index is 2.43. The molecule has 1 fully saturated rings. The van der Waals surface area contributed by atoms with Gasteiger partial charge in [-0.25, -0.2) is 4.57 Å². The molecule has 0 saturated heterocycles. The van der Waals surface area contributed by atoms with Gasteiger partial charge in [0.1, 0.15) is 42.7 Å². The number of aliphatic hydroxyl groups is 5. The molecule has 0 aliphatic heterocycles. The molecule has 13 heteroatoms. The molecule has 6 N–H and O–H groups in total. The van der Waals surface area contributed by atoms with Gasteiger partial charge in [-0.3, -0.25) is 13.8 Å². The minimum Gasteiger partial charge on any atom is -0.457 e. The molecule has 0 spiro atoms. The van der Waals surface area contributed by atoms with Gasteiger partial charge in [-0.05, 0) is 51.4 Å². The zero-order chi connectivity index (χ0) is 44.8. The lowest BCUT2D eigenvalue weighted by Crippen LogP contribution is -2.64. The standard InChI is InChI=1S/C48H85O12P/c1-3-5-7-9-11-13-15-17-19-21-23-25-27-29-31-33-35-37-42(49)59-41(40-58-61(55,56)60-48-46(53)44(51)43(50)45(52)47(48)54)39-57-38-36-34-32-30-28-26-24-22-20-18-16-14-12-10-8-6-4-2/h5,7,11,13,17,19,23,25,29,31,41,43-48,50-54H,3-4,6,8-10,12,14-16,18,20-22,24,26-28,30,32-40H2,1-2H3,(H,55,56)/b7-5-,13-11-,19-17-,25-23-,31-29-. The van der Waals surface area contributed by atoms with Crippen LogP contribution in [0.25, 0.3) is 0 Å². The van der Waals surface area contributed by atoms with Crippen molar-refractivity contribution in [3.63, 3.8) is 0 Å². The first-order chi connectivity index (χ1) is 29.5. The van der Waals surface area contributed by atoms with Crippen LogP contribution in [-0.2, 0) is 27.9 Å². The van der Waals surface area contributed by atoms with Gasteiger partial charge in [-0.15, -0.1) is 0 Å². The Morgan fingerprint density at radius 3 is 1.41 bits per heavy atom. The molecule has 1 aliphatic carbocycles. The zero-order valence-electron chi connectivity index (χ0n) is 37.7. The van der Waals surface area contributed by atoms with E-state index in [1.165, 1.54) is 89.9 Å². The molecule has 6 unspecified atom stereocenters. The maximum Gasteiger partial charge on any atom is 0.472 e. The minimum absolute atomic E-state index is 0.0995. The predicted octanol–water partition coefficient (Wildman–Crippen LogP) is 9.81. The summed E-state index contributed by atoms with van der Waals surface area (Å²) < 4.78 is 34.1. The molecule has 0 aromatic rings. The summed E-state index contributed by atoms with van der Waals surface area (Å²) in [5, 5.41) is 50.2. The van der Waals surface area contributed by atoms with E-state index in [1.807, 2.05) is 12.2 Å². The van der Waals surface area contributed by atoms with Gasteiger partial charge in [0, 0.05) is 13.0 Å². The van der Waals surface area contributed by atoms with Gasteiger partial charge in [-0.2, -0.15) is 0 Å². The van der Waals surface area contributed by atoms with Crippen molar-refractivity contribution in [2.24, 2.45) is 0 Å². The largest absolute Gasteiger partial charge is 0.472 e. The Hall–Kier alpha value is -1.96. The van der Waals surface area contributed by atoms with Gasteiger partial charge in [0.15, 0.2) is 0 Å². The van der Waals surface area contributed by atoms with Gasteiger partial charge < -0.3 is 39.9 Å². The number of carbonyl (C=O) groups excluding carboxylic acids is 1. The van der Waals surface area contributed by atoms with E-state index in [-0.39, 0.29) is 13.0 Å². The third kappa shape index (κ3) is 30.7. The second-order valence-electron chi connectivity index (χ2n) is 16.2. The predicted molar refractivity (Wildman–Crippen MR) is 244 cm³/mol. The first-order valence-corrected chi connectivity index (χ1v) is 25.1. The Kier molecular flexibility index (Phi) is 36.0. The number of hydrogen-bond acceptors (Lipinski definition) is 11. The van der Waals surface area contributed by atoms with Crippen molar-refractivity contribution in [1.29, 1.82) is 0 Å². The number of carbonyl (C=O) groups is 1. The Bertz CT molecular complexity index is 1240. The SMILES string of the molecule is CC/C=C\C/C=C\C/C=C\C/C=C\C/C=C\CCCC(=O)OC(COCCCCCCCCCCCCCCCCCCC)COP(=O)(O)OC1C(O)C(O)C(O)C(O)C1O. The van der Waals surface area contributed by atoms with E-state index < -0.39 is 63.1 Å². The molecular formula is C48H85O12P. The molecule has 0 bridgehead atoms. The highest BCUT2D eigenvalue weighted by atomic mass is 31.2. The zero-order valence-corrected chi connectivity index (χ0v) is 38.6. The fraction of sp³-hybridized carbons (Fsp3) is 0.771. The number of unbranched alkanes of at least 4 members (excludes halogenated alkanes) is 17. The summed E-state index contributed by atoms with van der Waals surface area (Å²) in [4.78, 5) is 23.1. The summed E-state index contributed by atoms with van der Waals surface area (Å²) >= 11 is 0. The van der Waals surface area contributed by atoms with Crippen LogP contribution < -0.4 is 0 Å². The Morgan fingerprint density at radius 2 is 0.951 bits per heavy atom. The summed E-state index contributed by atoms with van der Waals surface area (Å²) in [6.45, 7) is 4.09. The van der Waals surface area contributed by atoms with Crippen LogP contribution in [0, 0.1) is 0 Å². The highest BCUT2D eigenvalue weighted by Gasteiger charge is 2.51. The molecule has 1 rings (SSSR count). The number of hydrogen-bond donors (Lipinski definition) is 6. The van der Waals surface area contributed by atoms with Gasteiger partial charge >= 0.3 is 13.8 Å². The normalized spacial score (nSPS) is 22.7. The number of allylic oxidation sites excluding steroid dienone is 10. The monoisotopic (exact) mass is 885 g/mol. The molecule has 61 heavy (non-hydrogen) atoms. The van der Waals surface area contributed by atoms with Crippen LogP contribution in [0.5, 0.6) is 0 Å². The minimum atomic E-state index is -5.03. The van der Waals surface area contributed by atoms with Crippen molar-refractivity contribution < 1.29 is 58.3 Å². The third-order valence-corrected chi connectivity index (χ3v) is 11.6. The van der Waals surface area contributed by atoms with Gasteiger partial charge in [0.05, 0.1) is 13.2 Å². The Labute approximate surface area is 368 Å². The summed E-state index contributed by atoms with van der Waals surface area (Å²) in [5.74, 6) is -0.533. The van der Waals surface area contributed by atoms with E-state index in [4.69, 9.17) is 18.5 Å². The average Bonchev–Trinajstić information content (AvgIpc) is 3.24. The number of ether oxygens (including phenoxy) is 2. The van der Waals surface area contributed by atoms with E-state index >= 15 is 0 Å². The molecule has 0 amide bonds. The van der Waals surface area contributed by atoms with Crippen LogP contribution in [-0.4, -0.2) is 98.9 Å². The van der Waals surface area contributed by atoms with Crippen molar-refractivity contribution in [2.45, 2.75) is 217 Å². The van der Waals surface area contributed by atoms with Gasteiger partial charge in [0.2, 0.25) is 0 Å². The van der Waals surface area contributed by atoms with Crippen LogP contribution in [0.1, 0.15) is 174 Å². The highest BCUT2D eigenvalue weighted by Crippen LogP contribution is 2.47. The number of phosphoric ester groups is 1. The molecular weight excluding hydrogens is 799 g/mol. The van der Waals surface area contributed by atoms with Crippen LogP contribution >= 0.6 is 7.82 Å². The van der Waals surface area contributed by atoms with E-state index in [9.17, 15) is 39.8 Å². The van der Waals surface area contributed by atoms with E-state index in [1.54, 1.807) is 0 Å². The first-order valence-electron chi connectivity index (χ1n) is 23.6. The number of aliphatic hydroxyl groups excluding tert-OH is 5. The summed E-state index contributed by atoms with van der Waals surface area (Å²) in [7, 11) is -5.03. The summed E-state index contributed by atoms with van der Waals surface area (Å²) in [5.41, 5.74) is 0. The maximum atomic E-state index is 12.8. The molecule has 0 heterocycles. The molecule has 1 aliphatic rings. The van der Waals surface area contributed by atoms with E-state index in [0.29, 0.717) is 19.4 Å². The third-order valence-electron chi connectivity index (χ3n) is 10.7. The van der Waals surface area contributed by atoms with Crippen molar-refractivity contribution >= 4 is 13.8 Å². The highest BCUT2D eigenvalue weighted by molar-refractivity contribution is 7.47. The fourth-order valence-electron chi connectivity index (χ4n) is 6.92. The lowest BCUT2D eigenvalue weighted by atomic mass is 9.85. The topological polar surface area (TPSA) is 192 Å². The molecule has 0 aromatic heterocycles. The number of rotatable bonds is 39. The van der Waals surface area contributed by atoms with Gasteiger partial charge in [-0.1, -0.05) is 177 Å². The smallest absolute Gasteiger partial charge is 0.457 e. The quantitative estimate of drug-likeness (QED) is 0.0148. The van der Waals surface area contributed by atoms with Crippen molar-refractivity contribution in [1.82, 2.24) is 0 Å². The van der Waals surface area contributed by atoms with Gasteiger partial charge in [0.25, 0.3) is 0 Å². The van der Waals surface area contributed by atoms with Crippen molar-refractivity contribution in [3.05, 3.63) is 60.8 Å². The van der Waals surface area contributed by atoms with Crippen molar-refractivity contribution in [2.75, 3.05) is 19.8 Å².